The SMILES string of the molecule is O=S1(=O)CCC(COCC2CC2)C12CN(Cc1ccccc1F)C2. The highest BCUT2D eigenvalue weighted by Crippen LogP contribution is 2.45. The fourth-order valence-electron chi connectivity index (χ4n) is 4.06. The third-order valence-electron chi connectivity index (χ3n) is 5.80. The molecule has 0 radical (unpaired) electrons. The van der Waals surface area contributed by atoms with Crippen molar-refractivity contribution in [2.24, 2.45) is 11.8 Å². The van der Waals surface area contributed by atoms with Gasteiger partial charge in [0.1, 0.15) is 10.6 Å². The van der Waals surface area contributed by atoms with Gasteiger partial charge < -0.3 is 4.74 Å². The number of hydrogen-bond acceptors (Lipinski definition) is 4. The Morgan fingerprint density at radius 1 is 1.17 bits per heavy atom. The molecule has 2 aliphatic heterocycles. The van der Waals surface area contributed by atoms with Crippen LogP contribution in [0.3, 0.4) is 0 Å². The van der Waals surface area contributed by atoms with E-state index in [-0.39, 0.29) is 17.5 Å². The van der Waals surface area contributed by atoms with Gasteiger partial charge in [-0.05, 0) is 31.2 Å². The van der Waals surface area contributed by atoms with E-state index in [2.05, 4.69) is 0 Å². The van der Waals surface area contributed by atoms with E-state index in [1.54, 1.807) is 12.1 Å². The van der Waals surface area contributed by atoms with Crippen molar-refractivity contribution in [1.29, 1.82) is 0 Å². The van der Waals surface area contributed by atoms with E-state index in [1.165, 1.54) is 18.9 Å². The lowest BCUT2D eigenvalue weighted by atomic mass is 9.83. The molecule has 1 spiro atoms. The highest BCUT2D eigenvalue weighted by Gasteiger charge is 2.61. The Hall–Kier alpha value is -0.980. The van der Waals surface area contributed by atoms with Gasteiger partial charge in [0.25, 0.3) is 0 Å². The van der Waals surface area contributed by atoms with Crippen LogP contribution in [0.1, 0.15) is 24.8 Å². The van der Waals surface area contributed by atoms with Gasteiger partial charge in [0.2, 0.25) is 0 Å². The summed E-state index contributed by atoms with van der Waals surface area (Å²) < 4.78 is 44.1. The van der Waals surface area contributed by atoms with Crippen LogP contribution in [-0.4, -0.2) is 50.1 Å². The summed E-state index contributed by atoms with van der Waals surface area (Å²) in [5.41, 5.74) is 0.629. The molecule has 1 aromatic rings. The summed E-state index contributed by atoms with van der Waals surface area (Å²) in [6.45, 7) is 2.79. The van der Waals surface area contributed by atoms with Gasteiger partial charge in [-0.15, -0.1) is 0 Å². The number of rotatable bonds is 6. The number of ether oxygens (including phenoxy) is 1. The van der Waals surface area contributed by atoms with Crippen LogP contribution in [0.2, 0.25) is 0 Å². The molecule has 4 nitrogen and oxygen atoms in total. The van der Waals surface area contributed by atoms with Gasteiger partial charge in [-0.2, -0.15) is 0 Å². The van der Waals surface area contributed by atoms with E-state index in [1.807, 2.05) is 11.0 Å². The van der Waals surface area contributed by atoms with Gasteiger partial charge in [-0.25, -0.2) is 12.8 Å². The molecule has 4 rings (SSSR count). The van der Waals surface area contributed by atoms with Crippen molar-refractivity contribution in [2.45, 2.75) is 30.6 Å². The average molecular weight is 353 g/mol. The maximum absolute atomic E-state index is 13.8. The summed E-state index contributed by atoms with van der Waals surface area (Å²) >= 11 is 0. The Balaban J connectivity index is 1.40. The molecular weight excluding hydrogens is 329 g/mol. The minimum Gasteiger partial charge on any atom is -0.381 e. The second-order valence-electron chi connectivity index (χ2n) is 7.59. The largest absolute Gasteiger partial charge is 0.381 e. The molecule has 1 unspecified atom stereocenters. The molecule has 1 atom stereocenters. The van der Waals surface area contributed by atoms with E-state index in [0.29, 0.717) is 44.1 Å². The van der Waals surface area contributed by atoms with Gasteiger partial charge in [-0.1, -0.05) is 18.2 Å². The molecule has 24 heavy (non-hydrogen) atoms. The first kappa shape index (κ1) is 16.5. The third kappa shape index (κ3) is 2.89. The molecule has 0 bridgehead atoms. The Kier molecular flexibility index (Phi) is 4.17. The smallest absolute Gasteiger partial charge is 0.158 e. The summed E-state index contributed by atoms with van der Waals surface area (Å²) in [5.74, 6) is 0.811. The second kappa shape index (κ2) is 6.07. The fourth-order valence-corrected chi connectivity index (χ4v) is 6.51. The third-order valence-corrected chi connectivity index (χ3v) is 8.41. The number of sulfone groups is 1. The number of likely N-dealkylation sites (tertiary alicyclic amines) is 1. The van der Waals surface area contributed by atoms with E-state index >= 15 is 0 Å². The average Bonchev–Trinajstić information content (AvgIpc) is 3.28. The molecule has 0 N–H and O–H groups in total. The summed E-state index contributed by atoms with van der Waals surface area (Å²) in [5, 5.41) is 0. The standard InChI is InChI=1S/C18H24FNO3S/c19-17-4-2-1-3-15(17)9-20-12-18(13-20)16(7-8-24(18,21)22)11-23-10-14-5-6-14/h1-4,14,16H,5-13H2. The molecule has 1 saturated carbocycles. The zero-order valence-corrected chi connectivity index (χ0v) is 14.6. The molecule has 1 aromatic carbocycles. The highest BCUT2D eigenvalue weighted by molar-refractivity contribution is 7.93. The second-order valence-corrected chi connectivity index (χ2v) is 10.0. The Morgan fingerprint density at radius 2 is 1.92 bits per heavy atom. The van der Waals surface area contributed by atoms with Crippen molar-refractivity contribution in [1.82, 2.24) is 4.90 Å². The first-order valence-corrected chi connectivity index (χ1v) is 10.4. The number of halogens is 1. The van der Waals surface area contributed by atoms with E-state index in [9.17, 15) is 12.8 Å². The molecule has 3 aliphatic rings. The van der Waals surface area contributed by atoms with Crippen molar-refractivity contribution in [2.75, 3.05) is 32.1 Å². The van der Waals surface area contributed by atoms with E-state index in [4.69, 9.17) is 4.74 Å². The molecule has 132 valence electrons. The van der Waals surface area contributed by atoms with Gasteiger partial charge in [0, 0.05) is 37.7 Å². The Morgan fingerprint density at radius 3 is 2.62 bits per heavy atom. The van der Waals surface area contributed by atoms with E-state index in [0.717, 1.165) is 6.61 Å². The monoisotopic (exact) mass is 353 g/mol. The molecular formula is C18H24FNO3S. The lowest BCUT2D eigenvalue weighted by molar-refractivity contribution is 0.0223. The van der Waals surface area contributed by atoms with Gasteiger partial charge >= 0.3 is 0 Å². The first-order valence-electron chi connectivity index (χ1n) is 8.76. The van der Waals surface area contributed by atoms with Gasteiger partial charge in [0.05, 0.1) is 12.4 Å². The quantitative estimate of drug-likeness (QED) is 0.787. The van der Waals surface area contributed by atoms with Gasteiger partial charge in [0.15, 0.2) is 9.84 Å². The molecule has 0 amide bonds. The van der Waals surface area contributed by atoms with Crippen LogP contribution in [0.4, 0.5) is 4.39 Å². The first-order chi connectivity index (χ1) is 11.5. The van der Waals surface area contributed by atoms with Crippen molar-refractivity contribution < 1.29 is 17.5 Å². The zero-order chi connectivity index (χ0) is 16.8. The van der Waals surface area contributed by atoms with E-state index < -0.39 is 14.6 Å². The van der Waals surface area contributed by atoms with Crippen LogP contribution in [0.5, 0.6) is 0 Å². The molecule has 3 fully saturated rings. The Labute approximate surface area is 142 Å². The van der Waals surface area contributed by atoms with Crippen molar-refractivity contribution in [3.05, 3.63) is 35.6 Å². The molecule has 2 saturated heterocycles. The normalized spacial score (nSPS) is 28.1. The predicted molar refractivity (Wildman–Crippen MR) is 89.8 cm³/mol. The van der Waals surface area contributed by atoms with Crippen LogP contribution in [-0.2, 0) is 21.1 Å². The maximum Gasteiger partial charge on any atom is 0.158 e. The zero-order valence-electron chi connectivity index (χ0n) is 13.8. The molecule has 6 heteroatoms. The predicted octanol–water partition coefficient (Wildman–Crippen LogP) is 2.24. The van der Waals surface area contributed by atoms with Crippen LogP contribution >= 0.6 is 0 Å². The number of nitrogens with zero attached hydrogens (tertiary/aromatic N) is 1. The van der Waals surface area contributed by atoms with Crippen molar-refractivity contribution in [3.8, 4) is 0 Å². The van der Waals surface area contributed by atoms with Crippen LogP contribution in [0.15, 0.2) is 24.3 Å². The Bertz CT molecular complexity index is 711. The topological polar surface area (TPSA) is 46.6 Å². The molecule has 0 aromatic heterocycles. The minimum absolute atomic E-state index is 0.0816. The number of benzene rings is 1. The molecule has 1 aliphatic carbocycles. The maximum atomic E-state index is 13.8. The molecule has 2 heterocycles. The summed E-state index contributed by atoms with van der Waals surface area (Å²) in [4.78, 5) is 2.04. The van der Waals surface area contributed by atoms with Crippen LogP contribution in [0.25, 0.3) is 0 Å². The van der Waals surface area contributed by atoms with Crippen LogP contribution < -0.4 is 0 Å². The van der Waals surface area contributed by atoms with Crippen molar-refractivity contribution in [3.63, 3.8) is 0 Å². The fraction of sp³-hybridized carbons (Fsp3) is 0.667. The lowest BCUT2D eigenvalue weighted by Gasteiger charge is -2.50. The lowest BCUT2D eigenvalue weighted by Crippen LogP contribution is -2.67. The van der Waals surface area contributed by atoms with Gasteiger partial charge in [-0.3, -0.25) is 4.90 Å². The minimum atomic E-state index is -3.08. The summed E-state index contributed by atoms with van der Waals surface area (Å²) in [6, 6.07) is 6.70. The summed E-state index contributed by atoms with van der Waals surface area (Å²) in [7, 11) is -3.08. The highest BCUT2D eigenvalue weighted by atomic mass is 32.2. The van der Waals surface area contributed by atoms with Crippen molar-refractivity contribution >= 4 is 9.84 Å². The summed E-state index contributed by atoms with van der Waals surface area (Å²) in [6.07, 6.45) is 3.18. The van der Waals surface area contributed by atoms with Crippen LogP contribution in [0, 0.1) is 17.7 Å². The number of hydrogen-bond donors (Lipinski definition) is 0.